The normalized spacial score (nSPS) is 12.9. The molecule has 170 valence electrons. The molecule has 8 heteroatoms. The fourth-order valence-electron chi connectivity index (χ4n) is 3.26. The van der Waals surface area contributed by atoms with Crippen molar-refractivity contribution in [3.05, 3.63) is 48.0 Å². The largest absolute Gasteiger partial charge is 0.505 e. The molecule has 0 radical (unpaired) electrons. The van der Waals surface area contributed by atoms with E-state index < -0.39 is 6.29 Å². The van der Waals surface area contributed by atoms with E-state index in [1.54, 1.807) is 50.4 Å². The summed E-state index contributed by atoms with van der Waals surface area (Å²) in [6, 6.07) is 8.51. The number of aliphatic hydroxyl groups excluding tert-OH is 1. The predicted octanol–water partition coefficient (Wildman–Crippen LogP) is 4.05. The topological polar surface area (TPSA) is 107 Å². The van der Waals surface area contributed by atoms with Crippen molar-refractivity contribution in [2.75, 3.05) is 7.11 Å². The van der Waals surface area contributed by atoms with E-state index >= 15 is 0 Å². The zero-order valence-corrected chi connectivity index (χ0v) is 19.0. The van der Waals surface area contributed by atoms with E-state index in [-0.39, 0.29) is 29.8 Å². The van der Waals surface area contributed by atoms with Crippen molar-refractivity contribution in [3.8, 4) is 22.9 Å². The number of aliphatic hydroxyl groups is 1. The Labute approximate surface area is 187 Å². The fraction of sp³-hybridized carbons (Fsp3) is 0.375. The van der Waals surface area contributed by atoms with Crippen LogP contribution in [0.15, 0.2) is 42.5 Å². The molecule has 0 spiro atoms. The third-order valence-electron chi connectivity index (χ3n) is 4.94. The minimum absolute atomic E-state index is 0.0683. The molecule has 1 unspecified atom stereocenters. The second-order valence-corrected chi connectivity index (χ2v) is 8.51. The van der Waals surface area contributed by atoms with E-state index in [1.165, 1.54) is 10.9 Å². The van der Waals surface area contributed by atoms with E-state index in [9.17, 15) is 15.0 Å². The molecular weight excluding hydrogens is 410 g/mol. The fourth-order valence-corrected chi connectivity index (χ4v) is 3.26. The molecule has 32 heavy (non-hydrogen) atoms. The number of aromatic hydroxyl groups is 1. The van der Waals surface area contributed by atoms with Crippen molar-refractivity contribution in [2.24, 2.45) is 0 Å². The van der Waals surface area contributed by atoms with E-state index in [0.717, 1.165) is 0 Å². The molecule has 0 bridgehead atoms. The molecule has 1 aromatic heterocycles. The molecule has 3 rings (SSSR count). The monoisotopic (exact) mass is 439 g/mol. The second-order valence-electron chi connectivity index (χ2n) is 8.51. The number of fused-ring (bicyclic) bond motifs is 1. The number of methoxy groups -OCH3 is 1. The summed E-state index contributed by atoms with van der Waals surface area (Å²) < 4.78 is 10.9. The first-order valence-corrected chi connectivity index (χ1v) is 10.4. The van der Waals surface area contributed by atoms with Gasteiger partial charge in [0.1, 0.15) is 34.0 Å². The maximum atomic E-state index is 11.6. The van der Waals surface area contributed by atoms with E-state index in [4.69, 9.17) is 9.47 Å². The van der Waals surface area contributed by atoms with Crippen LogP contribution in [-0.4, -0.2) is 44.4 Å². The van der Waals surface area contributed by atoms with Gasteiger partial charge in [0.25, 0.3) is 0 Å². The summed E-state index contributed by atoms with van der Waals surface area (Å²) in [7, 11) is 1.57. The summed E-state index contributed by atoms with van der Waals surface area (Å²) in [5.41, 5.74) is 1.92. The lowest BCUT2D eigenvalue weighted by Crippen LogP contribution is -2.16. The number of phenols is 1. The molecule has 2 aromatic carbocycles. The van der Waals surface area contributed by atoms with Crippen molar-refractivity contribution in [3.63, 3.8) is 0 Å². The lowest BCUT2D eigenvalue weighted by molar-refractivity contribution is -0.116. The van der Waals surface area contributed by atoms with Crippen LogP contribution >= 0.6 is 0 Å². The minimum atomic E-state index is -1.12. The van der Waals surface area contributed by atoms with Gasteiger partial charge in [-0.3, -0.25) is 4.79 Å². The number of carbonyl (C=O) groups is 1. The molecule has 0 fully saturated rings. The van der Waals surface area contributed by atoms with Crippen LogP contribution in [0.3, 0.4) is 0 Å². The molecule has 8 nitrogen and oxygen atoms in total. The Morgan fingerprint density at radius 2 is 1.88 bits per heavy atom. The number of hydrogen-bond acceptors (Lipinski definition) is 7. The van der Waals surface area contributed by atoms with Gasteiger partial charge in [0, 0.05) is 30.5 Å². The van der Waals surface area contributed by atoms with Crippen molar-refractivity contribution in [2.45, 2.75) is 52.2 Å². The molecule has 0 saturated heterocycles. The van der Waals surface area contributed by atoms with Crippen LogP contribution in [0.5, 0.6) is 17.2 Å². The van der Waals surface area contributed by atoms with Gasteiger partial charge in [-0.25, -0.2) is 0 Å². The summed E-state index contributed by atoms with van der Waals surface area (Å²) >= 11 is 0. The zero-order valence-electron chi connectivity index (χ0n) is 19.0. The Bertz CT molecular complexity index is 1140. The number of hydrogen-bond donors (Lipinski definition) is 2. The van der Waals surface area contributed by atoms with E-state index in [1.807, 2.05) is 20.8 Å². The molecule has 0 aliphatic rings. The van der Waals surface area contributed by atoms with Crippen LogP contribution in [0.2, 0.25) is 0 Å². The van der Waals surface area contributed by atoms with Gasteiger partial charge in [0.05, 0.1) is 7.11 Å². The first-order valence-electron chi connectivity index (χ1n) is 10.4. The Kier molecular flexibility index (Phi) is 6.84. The van der Waals surface area contributed by atoms with Gasteiger partial charge >= 0.3 is 0 Å². The smallest absolute Gasteiger partial charge is 0.197 e. The molecule has 2 N–H and O–H groups in total. The summed E-state index contributed by atoms with van der Waals surface area (Å²) in [5, 5.41) is 29.9. The third-order valence-corrected chi connectivity index (χ3v) is 4.94. The highest BCUT2D eigenvalue weighted by Crippen LogP contribution is 2.38. The van der Waals surface area contributed by atoms with Crippen molar-refractivity contribution in [1.29, 1.82) is 0 Å². The minimum Gasteiger partial charge on any atom is -0.505 e. The van der Waals surface area contributed by atoms with Gasteiger partial charge in [0.2, 0.25) is 0 Å². The van der Waals surface area contributed by atoms with Gasteiger partial charge in [0.15, 0.2) is 12.1 Å². The van der Waals surface area contributed by atoms with Gasteiger partial charge in [-0.2, -0.15) is 0 Å². The number of benzene rings is 2. The summed E-state index contributed by atoms with van der Waals surface area (Å²) in [6.07, 6.45) is 2.39. The Hall–Kier alpha value is -3.39. The number of carbonyl (C=O) groups excluding carboxylic acids is 1. The average Bonchev–Trinajstić information content (AvgIpc) is 3.15. The molecule has 3 aromatic rings. The summed E-state index contributed by atoms with van der Waals surface area (Å²) in [6.45, 7) is 7.76. The highest BCUT2D eigenvalue weighted by Gasteiger charge is 2.23. The van der Waals surface area contributed by atoms with Crippen LogP contribution in [0.1, 0.15) is 46.1 Å². The number of aromatic nitrogens is 3. The van der Waals surface area contributed by atoms with Crippen molar-refractivity contribution in [1.82, 2.24) is 15.0 Å². The molecule has 1 heterocycles. The molecule has 0 aliphatic heterocycles. The van der Waals surface area contributed by atoms with Gasteiger partial charge < -0.3 is 19.7 Å². The van der Waals surface area contributed by atoms with Crippen LogP contribution < -0.4 is 9.47 Å². The highest BCUT2D eigenvalue weighted by molar-refractivity contribution is 5.89. The van der Waals surface area contributed by atoms with E-state index in [0.29, 0.717) is 33.8 Å². The maximum absolute atomic E-state index is 11.6. The molecular formula is C24H29N3O5. The van der Waals surface area contributed by atoms with Crippen LogP contribution in [-0.2, 0) is 10.2 Å². The van der Waals surface area contributed by atoms with Crippen LogP contribution in [0.25, 0.3) is 16.7 Å². The molecule has 0 amide bonds. The maximum Gasteiger partial charge on any atom is 0.197 e. The van der Waals surface area contributed by atoms with Crippen LogP contribution in [0.4, 0.5) is 0 Å². The number of ether oxygens (including phenoxy) is 2. The van der Waals surface area contributed by atoms with Crippen molar-refractivity contribution < 1.29 is 24.5 Å². The second kappa shape index (κ2) is 9.40. The number of ketones is 1. The molecule has 0 aliphatic carbocycles. The number of rotatable bonds is 8. The SMILES string of the molecule is CC=CC(=O)CCC(O)Oc1ccc2nn(-c3cc(OC)cc(C(C)(C)C)c3O)nc2c1. The first kappa shape index (κ1) is 23.3. The number of allylic oxidation sites excluding steroid dienone is 2. The number of nitrogens with zero attached hydrogens (tertiary/aromatic N) is 3. The number of phenolic OH excluding ortho intramolecular Hbond substituents is 1. The summed E-state index contributed by atoms with van der Waals surface area (Å²) in [4.78, 5) is 12.9. The zero-order chi connectivity index (χ0) is 23.5. The lowest BCUT2D eigenvalue weighted by Gasteiger charge is -2.22. The predicted molar refractivity (Wildman–Crippen MR) is 121 cm³/mol. The standard InChI is InChI=1S/C24H29N3O5/c1-6-7-15(28)8-11-22(29)32-16-9-10-19-20(13-16)26-27(25-19)21-14-17(31-5)12-18(23(21)30)24(2,3)4/h6-7,9-10,12-14,22,29-30H,8,11H2,1-5H3. The third kappa shape index (κ3) is 5.26. The first-order chi connectivity index (χ1) is 15.1. The van der Waals surface area contributed by atoms with Crippen molar-refractivity contribution >= 4 is 16.8 Å². The Morgan fingerprint density at radius 1 is 1.16 bits per heavy atom. The average molecular weight is 440 g/mol. The Morgan fingerprint density at radius 3 is 2.53 bits per heavy atom. The molecule has 1 atom stereocenters. The quantitative estimate of drug-likeness (QED) is 0.403. The summed E-state index contributed by atoms with van der Waals surface area (Å²) in [5.74, 6) is 1.00. The van der Waals surface area contributed by atoms with Gasteiger partial charge in [-0.15, -0.1) is 15.0 Å². The molecule has 0 saturated carbocycles. The van der Waals surface area contributed by atoms with E-state index in [2.05, 4.69) is 10.2 Å². The lowest BCUT2D eigenvalue weighted by atomic mass is 9.86. The van der Waals surface area contributed by atoms with Gasteiger partial charge in [-0.05, 0) is 36.6 Å². The highest BCUT2D eigenvalue weighted by atomic mass is 16.6. The Balaban J connectivity index is 1.88. The van der Waals surface area contributed by atoms with Gasteiger partial charge in [-0.1, -0.05) is 26.8 Å². The van der Waals surface area contributed by atoms with Crippen LogP contribution in [0, 0.1) is 0 Å².